The van der Waals surface area contributed by atoms with Crippen molar-refractivity contribution in [2.75, 3.05) is 31.6 Å². The number of hydrogen-bond acceptors (Lipinski definition) is 4. The van der Waals surface area contributed by atoms with Gasteiger partial charge in [-0.25, -0.2) is 4.98 Å². The first kappa shape index (κ1) is 14.6. The first-order valence-electron chi connectivity index (χ1n) is 7.08. The van der Waals surface area contributed by atoms with Gasteiger partial charge in [-0.05, 0) is 25.1 Å². The van der Waals surface area contributed by atoms with Crippen LogP contribution in [0, 0.1) is 6.92 Å². The Labute approximate surface area is 121 Å². The normalized spacial score (nSPS) is 11.0. The number of rotatable bonds is 7. The first-order valence-corrected chi connectivity index (χ1v) is 7.08. The molecule has 0 amide bonds. The third kappa shape index (κ3) is 3.84. The molecule has 0 saturated heterocycles. The summed E-state index contributed by atoms with van der Waals surface area (Å²) in [5.74, 6) is 0.783. The second-order valence-electron chi connectivity index (χ2n) is 5.00. The van der Waals surface area contributed by atoms with E-state index in [9.17, 15) is 0 Å². The van der Waals surface area contributed by atoms with Gasteiger partial charge in [0.25, 0.3) is 0 Å². The van der Waals surface area contributed by atoms with Crippen LogP contribution in [0.15, 0.2) is 41.1 Å². The van der Waals surface area contributed by atoms with Crippen molar-refractivity contribution >= 4 is 5.69 Å². The molecule has 20 heavy (non-hydrogen) atoms. The maximum atomic E-state index is 5.31. The van der Waals surface area contributed by atoms with Crippen LogP contribution < -0.4 is 4.90 Å². The summed E-state index contributed by atoms with van der Waals surface area (Å²) in [6.07, 6.45) is 3.32. The molecule has 0 aliphatic heterocycles. The molecule has 4 heteroatoms. The number of anilines is 1. The molecule has 0 spiro atoms. The predicted octanol–water partition coefficient (Wildman–Crippen LogP) is 2.94. The first-order chi connectivity index (χ1) is 9.70. The van der Waals surface area contributed by atoms with Gasteiger partial charge in [-0.2, -0.15) is 0 Å². The van der Waals surface area contributed by atoms with Crippen molar-refractivity contribution in [2.24, 2.45) is 0 Å². The average molecular weight is 273 g/mol. The number of aromatic nitrogens is 1. The van der Waals surface area contributed by atoms with Crippen LogP contribution in [0.2, 0.25) is 0 Å². The summed E-state index contributed by atoms with van der Waals surface area (Å²) in [5.41, 5.74) is 2.60. The molecule has 0 fully saturated rings. The zero-order valence-electron chi connectivity index (χ0n) is 12.5. The monoisotopic (exact) mass is 273 g/mol. The highest BCUT2D eigenvalue weighted by molar-refractivity contribution is 5.52. The molecule has 0 N–H and O–H groups in total. The smallest absolute Gasteiger partial charge is 0.208 e. The number of aryl methyl sites for hydroxylation is 1. The molecular formula is C16H23N3O. The molecule has 0 aliphatic rings. The van der Waals surface area contributed by atoms with E-state index in [2.05, 4.69) is 59.9 Å². The lowest BCUT2D eigenvalue weighted by molar-refractivity contribution is 0.256. The van der Waals surface area contributed by atoms with Crippen molar-refractivity contribution in [1.29, 1.82) is 0 Å². The third-order valence-electron chi connectivity index (χ3n) is 3.57. The summed E-state index contributed by atoms with van der Waals surface area (Å²) in [4.78, 5) is 8.81. The van der Waals surface area contributed by atoms with Gasteiger partial charge < -0.3 is 9.32 Å². The van der Waals surface area contributed by atoms with Crippen LogP contribution in [0.3, 0.4) is 0 Å². The maximum Gasteiger partial charge on any atom is 0.208 e. The number of para-hydroxylation sites is 1. The van der Waals surface area contributed by atoms with Crippen molar-refractivity contribution in [3.05, 3.63) is 48.2 Å². The molecule has 0 saturated carbocycles. The number of hydrogen-bond donors (Lipinski definition) is 0. The molecule has 0 aliphatic carbocycles. The minimum Gasteiger partial charge on any atom is -0.448 e. The molecule has 0 unspecified atom stereocenters. The highest BCUT2D eigenvalue weighted by atomic mass is 16.3. The Kier molecular flexibility index (Phi) is 5.18. The Balaban J connectivity index is 1.88. The summed E-state index contributed by atoms with van der Waals surface area (Å²) in [6.45, 7) is 8.05. The van der Waals surface area contributed by atoms with Crippen LogP contribution in [-0.4, -0.2) is 36.6 Å². The summed E-state index contributed by atoms with van der Waals surface area (Å²) in [7, 11) is 2.14. The molecule has 1 heterocycles. The van der Waals surface area contributed by atoms with E-state index in [0.29, 0.717) is 0 Å². The molecule has 0 bridgehead atoms. The molecule has 1 aromatic carbocycles. The van der Waals surface area contributed by atoms with Gasteiger partial charge in [0.1, 0.15) is 6.26 Å². The molecular weight excluding hydrogens is 250 g/mol. The van der Waals surface area contributed by atoms with Crippen molar-refractivity contribution < 1.29 is 4.42 Å². The quantitative estimate of drug-likeness (QED) is 0.776. The van der Waals surface area contributed by atoms with E-state index in [4.69, 9.17) is 4.42 Å². The highest BCUT2D eigenvalue weighted by Gasteiger charge is 2.09. The van der Waals surface area contributed by atoms with Crippen molar-refractivity contribution in [3.63, 3.8) is 0 Å². The number of oxazole rings is 1. The van der Waals surface area contributed by atoms with Gasteiger partial charge in [0.05, 0.1) is 12.7 Å². The van der Waals surface area contributed by atoms with E-state index >= 15 is 0 Å². The van der Waals surface area contributed by atoms with Gasteiger partial charge in [0.15, 0.2) is 0 Å². The lowest BCUT2D eigenvalue weighted by atomic mass is 10.2. The fourth-order valence-electron chi connectivity index (χ4n) is 2.27. The lowest BCUT2D eigenvalue weighted by Gasteiger charge is -2.25. The fourth-order valence-corrected chi connectivity index (χ4v) is 2.27. The molecule has 0 radical (unpaired) electrons. The number of likely N-dealkylation sites (N-methyl/N-ethyl adjacent to an activating group) is 2. The van der Waals surface area contributed by atoms with Crippen LogP contribution in [0.5, 0.6) is 0 Å². The summed E-state index contributed by atoms with van der Waals surface area (Å²) in [6, 6.07) is 8.48. The Morgan fingerprint density at radius 2 is 2.00 bits per heavy atom. The topological polar surface area (TPSA) is 32.5 Å². The van der Waals surface area contributed by atoms with Gasteiger partial charge >= 0.3 is 0 Å². The van der Waals surface area contributed by atoms with Gasteiger partial charge in [-0.15, -0.1) is 0 Å². The summed E-state index contributed by atoms with van der Waals surface area (Å²) >= 11 is 0. The standard InChI is InChI=1S/C16H23N3O/c1-4-19(13-16-17-9-12-20-16)11-10-18(3)15-8-6-5-7-14(15)2/h5-9,12H,4,10-11,13H2,1-3H3. The van der Waals surface area contributed by atoms with Gasteiger partial charge in [-0.1, -0.05) is 25.1 Å². The molecule has 1 aromatic heterocycles. The van der Waals surface area contributed by atoms with Gasteiger partial charge in [0, 0.05) is 25.8 Å². The molecule has 4 nitrogen and oxygen atoms in total. The zero-order valence-corrected chi connectivity index (χ0v) is 12.5. The van der Waals surface area contributed by atoms with Crippen LogP contribution in [-0.2, 0) is 6.54 Å². The fraction of sp³-hybridized carbons (Fsp3) is 0.438. The van der Waals surface area contributed by atoms with Crippen LogP contribution in [0.4, 0.5) is 5.69 Å². The van der Waals surface area contributed by atoms with E-state index in [1.54, 1.807) is 12.5 Å². The zero-order chi connectivity index (χ0) is 14.4. The van der Waals surface area contributed by atoms with E-state index in [1.807, 2.05) is 0 Å². The average Bonchev–Trinajstić information content (AvgIpc) is 2.96. The molecule has 2 rings (SSSR count). The van der Waals surface area contributed by atoms with Crippen LogP contribution in [0.25, 0.3) is 0 Å². The van der Waals surface area contributed by atoms with E-state index in [0.717, 1.165) is 32.1 Å². The summed E-state index contributed by atoms with van der Waals surface area (Å²) in [5, 5.41) is 0. The maximum absolute atomic E-state index is 5.31. The molecule has 2 aromatic rings. The van der Waals surface area contributed by atoms with Gasteiger partial charge in [-0.3, -0.25) is 4.90 Å². The van der Waals surface area contributed by atoms with E-state index in [1.165, 1.54) is 11.3 Å². The number of benzene rings is 1. The second kappa shape index (κ2) is 7.10. The molecule has 0 atom stereocenters. The lowest BCUT2D eigenvalue weighted by Crippen LogP contribution is -2.33. The highest BCUT2D eigenvalue weighted by Crippen LogP contribution is 2.17. The largest absolute Gasteiger partial charge is 0.448 e. The number of nitrogens with zero attached hydrogens (tertiary/aromatic N) is 3. The Morgan fingerprint density at radius 1 is 1.20 bits per heavy atom. The summed E-state index contributed by atoms with van der Waals surface area (Å²) < 4.78 is 5.31. The Morgan fingerprint density at radius 3 is 2.65 bits per heavy atom. The second-order valence-corrected chi connectivity index (χ2v) is 5.00. The third-order valence-corrected chi connectivity index (χ3v) is 3.57. The van der Waals surface area contributed by atoms with Crippen LogP contribution >= 0.6 is 0 Å². The molecule has 108 valence electrons. The predicted molar refractivity (Wildman–Crippen MR) is 81.9 cm³/mol. The van der Waals surface area contributed by atoms with Crippen molar-refractivity contribution in [3.8, 4) is 0 Å². The minimum atomic E-state index is 0.769. The Bertz CT molecular complexity index is 510. The minimum absolute atomic E-state index is 0.769. The van der Waals surface area contributed by atoms with Gasteiger partial charge in [0.2, 0.25) is 5.89 Å². The van der Waals surface area contributed by atoms with Crippen molar-refractivity contribution in [2.45, 2.75) is 20.4 Å². The van der Waals surface area contributed by atoms with Crippen LogP contribution in [0.1, 0.15) is 18.4 Å². The van der Waals surface area contributed by atoms with Crippen molar-refractivity contribution in [1.82, 2.24) is 9.88 Å². The Hall–Kier alpha value is -1.81. The van der Waals surface area contributed by atoms with E-state index in [-0.39, 0.29) is 0 Å². The SMILES string of the molecule is CCN(CCN(C)c1ccccc1C)Cc1ncco1. The van der Waals surface area contributed by atoms with E-state index < -0.39 is 0 Å².